The molecular formula is C13H16BrN3. The highest BCUT2D eigenvalue weighted by molar-refractivity contribution is 9.10. The summed E-state index contributed by atoms with van der Waals surface area (Å²) in [6.45, 7) is 7.38. The molecule has 1 saturated heterocycles. The minimum absolute atomic E-state index is 0.138. The molecule has 0 atom stereocenters. The SMILES string of the molecule is CC1(C)CN(c2ccc(C#N)c(Br)c2)CCN1. The fourth-order valence-corrected chi connectivity index (χ4v) is 2.61. The first-order valence-electron chi connectivity index (χ1n) is 5.71. The largest absolute Gasteiger partial charge is 0.368 e. The molecular weight excluding hydrogens is 278 g/mol. The van der Waals surface area contributed by atoms with Crippen molar-refractivity contribution in [2.24, 2.45) is 0 Å². The first-order valence-corrected chi connectivity index (χ1v) is 6.51. The van der Waals surface area contributed by atoms with Gasteiger partial charge in [0.1, 0.15) is 6.07 Å². The summed E-state index contributed by atoms with van der Waals surface area (Å²) in [7, 11) is 0. The molecule has 0 aromatic heterocycles. The number of nitrogens with zero attached hydrogens (tertiary/aromatic N) is 2. The number of rotatable bonds is 1. The topological polar surface area (TPSA) is 39.1 Å². The molecule has 4 heteroatoms. The van der Waals surface area contributed by atoms with E-state index in [4.69, 9.17) is 5.26 Å². The molecule has 1 aliphatic heterocycles. The van der Waals surface area contributed by atoms with Gasteiger partial charge in [-0.1, -0.05) is 0 Å². The quantitative estimate of drug-likeness (QED) is 0.865. The highest BCUT2D eigenvalue weighted by Crippen LogP contribution is 2.25. The number of benzene rings is 1. The van der Waals surface area contributed by atoms with Crippen LogP contribution in [-0.4, -0.2) is 25.2 Å². The van der Waals surface area contributed by atoms with Crippen molar-refractivity contribution < 1.29 is 0 Å². The predicted molar refractivity (Wildman–Crippen MR) is 73.2 cm³/mol. The number of hydrogen-bond acceptors (Lipinski definition) is 3. The maximum absolute atomic E-state index is 8.90. The van der Waals surface area contributed by atoms with Crippen LogP contribution in [0.2, 0.25) is 0 Å². The fraction of sp³-hybridized carbons (Fsp3) is 0.462. The van der Waals surface area contributed by atoms with Crippen molar-refractivity contribution >= 4 is 21.6 Å². The number of piperazine rings is 1. The molecule has 1 aromatic carbocycles. The molecule has 1 aliphatic rings. The number of halogens is 1. The van der Waals surface area contributed by atoms with Crippen LogP contribution in [0.4, 0.5) is 5.69 Å². The van der Waals surface area contributed by atoms with Gasteiger partial charge in [-0.25, -0.2) is 0 Å². The summed E-state index contributed by atoms with van der Waals surface area (Å²) < 4.78 is 0.869. The van der Waals surface area contributed by atoms with Crippen molar-refractivity contribution in [3.8, 4) is 6.07 Å². The molecule has 17 heavy (non-hydrogen) atoms. The Kier molecular flexibility index (Phi) is 3.41. The molecule has 1 aromatic rings. The van der Waals surface area contributed by atoms with Crippen LogP contribution in [0.1, 0.15) is 19.4 Å². The zero-order chi connectivity index (χ0) is 12.5. The monoisotopic (exact) mass is 293 g/mol. The van der Waals surface area contributed by atoms with Gasteiger partial charge in [0.2, 0.25) is 0 Å². The van der Waals surface area contributed by atoms with Gasteiger partial charge in [-0.15, -0.1) is 0 Å². The van der Waals surface area contributed by atoms with Crippen molar-refractivity contribution in [3.05, 3.63) is 28.2 Å². The highest BCUT2D eigenvalue weighted by Gasteiger charge is 2.25. The average Bonchev–Trinajstić information content (AvgIpc) is 2.27. The van der Waals surface area contributed by atoms with Gasteiger partial charge in [0.15, 0.2) is 0 Å². The molecule has 0 amide bonds. The zero-order valence-corrected chi connectivity index (χ0v) is 11.7. The molecule has 1 N–H and O–H groups in total. The average molecular weight is 294 g/mol. The lowest BCUT2D eigenvalue weighted by Gasteiger charge is -2.40. The van der Waals surface area contributed by atoms with Crippen molar-refractivity contribution in [2.45, 2.75) is 19.4 Å². The first-order chi connectivity index (χ1) is 8.02. The number of nitriles is 1. The standard InChI is InChI=1S/C13H16BrN3/c1-13(2)9-17(6-5-16-13)11-4-3-10(8-15)12(14)7-11/h3-4,7,16H,5-6,9H2,1-2H3. The van der Waals surface area contributed by atoms with Crippen molar-refractivity contribution in [2.75, 3.05) is 24.5 Å². The summed E-state index contributed by atoms with van der Waals surface area (Å²) in [6.07, 6.45) is 0. The highest BCUT2D eigenvalue weighted by atomic mass is 79.9. The Labute approximate surface area is 111 Å². The Morgan fingerprint density at radius 2 is 2.24 bits per heavy atom. The second kappa shape index (κ2) is 4.67. The summed E-state index contributed by atoms with van der Waals surface area (Å²) in [5, 5.41) is 12.4. The molecule has 0 aliphatic carbocycles. The lowest BCUT2D eigenvalue weighted by Crippen LogP contribution is -2.57. The molecule has 1 heterocycles. The molecule has 0 bridgehead atoms. The van der Waals surface area contributed by atoms with E-state index in [1.54, 1.807) is 0 Å². The van der Waals surface area contributed by atoms with E-state index in [2.05, 4.69) is 46.1 Å². The van der Waals surface area contributed by atoms with Crippen LogP contribution >= 0.6 is 15.9 Å². The van der Waals surface area contributed by atoms with Gasteiger partial charge in [0.05, 0.1) is 5.56 Å². The Balaban J connectivity index is 2.23. The molecule has 0 unspecified atom stereocenters. The van der Waals surface area contributed by atoms with E-state index in [0.717, 1.165) is 24.1 Å². The summed E-state index contributed by atoms with van der Waals surface area (Å²) in [4.78, 5) is 2.35. The third kappa shape index (κ3) is 2.80. The minimum atomic E-state index is 0.138. The van der Waals surface area contributed by atoms with Crippen LogP contribution < -0.4 is 10.2 Å². The van der Waals surface area contributed by atoms with Crippen LogP contribution in [0.15, 0.2) is 22.7 Å². The van der Waals surface area contributed by atoms with Crippen molar-refractivity contribution in [3.63, 3.8) is 0 Å². The van der Waals surface area contributed by atoms with Crippen molar-refractivity contribution in [1.82, 2.24) is 5.32 Å². The van der Waals surface area contributed by atoms with Gasteiger partial charge in [0.25, 0.3) is 0 Å². The van der Waals surface area contributed by atoms with Gasteiger partial charge in [-0.3, -0.25) is 0 Å². The molecule has 90 valence electrons. The van der Waals surface area contributed by atoms with Gasteiger partial charge >= 0.3 is 0 Å². The van der Waals surface area contributed by atoms with E-state index >= 15 is 0 Å². The van der Waals surface area contributed by atoms with E-state index in [-0.39, 0.29) is 5.54 Å². The second-order valence-electron chi connectivity index (χ2n) is 5.01. The number of anilines is 1. The zero-order valence-electron chi connectivity index (χ0n) is 10.1. The van der Waals surface area contributed by atoms with E-state index < -0.39 is 0 Å². The second-order valence-corrected chi connectivity index (χ2v) is 5.86. The maximum atomic E-state index is 8.90. The first kappa shape index (κ1) is 12.4. The van der Waals surface area contributed by atoms with E-state index in [0.29, 0.717) is 5.56 Å². The number of nitrogens with one attached hydrogen (secondary N) is 1. The Morgan fingerprint density at radius 1 is 1.47 bits per heavy atom. The maximum Gasteiger partial charge on any atom is 0.100 e. The Bertz CT molecular complexity index is 462. The molecule has 2 rings (SSSR count). The molecule has 0 radical (unpaired) electrons. The Morgan fingerprint density at radius 3 is 2.82 bits per heavy atom. The molecule has 0 saturated carbocycles. The summed E-state index contributed by atoms with van der Waals surface area (Å²) >= 11 is 3.44. The van der Waals surface area contributed by atoms with Crippen LogP contribution in [-0.2, 0) is 0 Å². The van der Waals surface area contributed by atoms with E-state index in [1.807, 2.05) is 18.2 Å². The van der Waals surface area contributed by atoms with Gasteiger partial charge in [0, 0.05) is 35.3 Å². The fourth-order valence-electron chi connectivity index (χ4n) is 2.15. The van der Waals surface area contributed by atoms with E-state index in [1.165, 1.54) is 5.69 Å². The number of hydrogen-bond donors (Lipinski definition) is 1. The lowest BCUT2D eigenvalue weighted by molar-refractivity contribution is 0.353. The normalized spacial score (nSPS) is 18.8. The molecule has 3 nitrogen and oxygen atoms in total. The summed E-state index contributed by atoms with van der Waals surface area (Å²) in [5.74, 6) is 0. The smallest absolute Gasteiger partial charge is 0.100 e. The van der Waals surface area contributed by atoms with Crippen molar-refractivity contribution in [1.29, 1.82) is 5.26 Å². The van der Waals surface area contributed by atoms with Crippen LogP contribution in [0, 0.1) is 11.3 Å². The van der Waals surface area contributed by atoms with Crippen LogP contribution in [0.3, 0.4) is 0 Å². The third-order valence-electron chi connectivity index (χ3n) is 3.01. The van der Waals surface area contributed by atoms with Gasteiger partial charge in [-0.05, 0) is 48.0 Å². The summed E-state index contributed by atoms with van der Waals surface area (Å²) in [6, 6.07) is 8.08. The minimum Gasteiger partial charge on any atom is -0.368 e. The van der Waals surface area contributed by atoms with Gasteiger partial charge in [-0.2, -0.15) is 5.26 Å². The van der Waals surface area contributed by atoms with Crippen LogP contribution in [0.25, 0.3) is 0 Å². The molecule has 0 spiro atoms. The van der Waals surface area contributed by atoms with E-state index in [9.17, 15) is 0 Å². The van der Waals surface area contributed by atoms with Crippen LogP contribution in [0.5, 0.6) is 0 Å². The lowest BCUT2D eigenvalue weighted by atomic mass is 10.0. The summed E-state index contributed by atoms with van der Waals surface area (Å²) in [5.41, 5.74) is 1.99. The third-order valence-corrected chi connectivity index (χ3v) is 3.67. The Hall–Kier alpha value is -1.05. The predicted octanol–water partition coefficient (Wildman–Crippen LogP) is 2.51. The van der Waals surface area contributed by atoms with Gasteiger partial charge < -0.3 is 10.2 Å². The molecule has 1 fully saturated rings.